The van der Waals surface area contributed by atoms with Gasteiger partial charge in [-0.2, -0.15) is 0 Å². The fourth-order valence-corrected chi connectivity index (χ4v) is 1.64. The van der Waals surface area contributed by atoms with Crippen LogP contribution in [0, 0.1) is 0 Å². The predicted molar refractivity (Wildman–Crippen MR) is 59.6 cm³/mol. The van der Waals surface area contributed by atoms with Crippen LogP contribution in [0.1, 0.15) is 39.5 Å². The van der Waals surface area contributed by atoms with Crippen LogP contribution in [0.4, 0.5) is 0 Å². The fourth-order valence-electron chi connectivity index (χ4n) is 1.64. The van der Waals surface area contributed by atoms with Crippen LogP contribution in [0.25, 0.3) is 0 Å². The average molecular weight is 214 g/mol. The van der Waals surface area contributed by atoms with E-state index < -0.39 is 5.60 Å². The predicted octanol–water partition coefficient (Wildman–Crippen LogP) is 0.406. The van der Waals surface area contributed by atoms with E-state index in [2.05, 4.69) is 10.6 Å². The van der Waals surface area contributed by atoms with E-state index in [1.165, 1.54) is 0 Å². The molecule has 0 aromatic rings. The van der Waals surface area contributed by atoms with Crippen LogP contribution in [0.2, 0.25) is 0 Å². The van der Waals surface area contributed by atoms with E-state index in [0.717, 1.165) is 25.8 Å². The van der Waals surface area contributed by atoms with Gasteiger partial charge in [0.1, 0.15) is 0 Å². The molecule has 15 heavy (non-hydrogen) atoms. The normalized spacial score (nSPS) is 26.6. The first kappa shape index (κ1) is 12.5. The minimum Gasteiger partial charge on any atom is -0.389 e. The Labute approximate surface area is 91.4 Å². The molecule has 0 aliphatic carbocycles. The van der Waals surface area contributed by atoms with E-state index in [9.17, 15) is 9.90 Å². The number of carbonyl (C=O) groups is 1. The lowest BCUT2D eigenvalue weighted by molar-refractivity contribution is -0.121. The number of hydrogen-bond acceptors (Lipinski definition) is 3. The lowest BCUT2D eigenvalue weighted by Crippen LogP contribution is -2.43. The Balaban J connectivity index is 2.33. The van der Waals surface area contributed by atoms with Gasteiger partial charge in [0.05, 0.1) is 5.60 Å². The zero-order valence-electron chi connectivity index (χ0n) is 9.68. The molecule has 2 atom stereocenters. The zero-order valence-corrected chi connectivity index (χ0v) is 9.68. The summed E-state index contributed by atoms with van der Waals surface area (Å²) in [7, 11) is 0. The Bertz CT molecular complexity index is 217. The molecule has 1 aliphatic rings. The number of nitrogens with one attached hydrogen (secondary N) is 2. The lowest BCUT2D eigenvalue weighted by Gasteiger charge is -2.25. The molecule has 0 bridgehead atoms. The minimum atomic E-state index is -0.664. The summed E-state index contributed by atoms with van der Waals surface area (Å²) in [6.45, 7) is 5.11. The van der Waals surface area contributed by atoms with E-state index in [4.69, 9.17) is 0 Å². The van der Waals surface area contributed by atoms with Gasteiger partial charge in [-0.15, -0.1) is 0 Å². The number of aliphatic hydroxyl groups is 1. The highest BCUT2D eigenvalue weighted by Crippen LogP contribution is 2.10. The van der Waals surface area contributed by atoms with Gasteiger partial charge < -0.3 is 15.7 Å². The SMILES string of the molecule is CCC(C)(O)CNC1CCCNC(=O)C1. The van der Waals surface area contributed by atoms with Crippen LogP contribution < -0.4 is 10.6 Å². The number of amides is 1. The molecular formula is C11H22N2O2. The van der Waals surface area contributed by atoms with Crippen molar-refractivity contribution in [3.63, 3.8) is 0 Å². The summed E-state index contributed by atoms with van der Waals surface area (Å²) in [5, 5.41) is 15.9. The molecule has 1 heterocycles. The molecule has 0 saturated carbocycles. The summed E-state index contributed by atoms with van der Waals surface area (Å²) in [5.74, 6) is 0.112. The smallest absolute Gasteiger partial charge is 0.221 e. The molecule has 1 amide bonds. The number of carbonyl (C=O) groups excluding carboxylic acids is 1. The zero-order chi connectivity index (χ0) is 11.3. The Kier molecular flexibility index (Phi) is 4.54. The molecule has 0 spiro atoms. The van der Waals surface area contributed by atoms with Gasteiger partial charge in [-0.3, -0.25) is 4.79 Å². The largest absolute Gasteiger partial charge is 0.389 e. The topological polar surface area (TPSA) is 61.4 Å². The third-order valence-corrected chi connectivity index (χ3v) is 3.02. The molecular weight excluding hydrogens is 192 g/mol. The maximum Gasteiger partial charge on any atom is 0.221 e. The highest BCUT2D eigenvalue weighted by atomic mass is 16.3. The van der Waals surface area contributed by atoms with Gasteiger partial charge in [0, 0.05) is 25.6 Å². The van der Waals surface area contributed by atoms with Crippen molar-refractivity contribution in [3.8, 4) is 0 Å². The number of hydrogen-bond donors (Lipinski definition) is 3. The van der Waals surface area contributed by atoms with Crippen molar-refractivity contribution in [1.82, 2.24) is 10.6 Å². The van der Waals surface area contributed by atoms with Crippen LogP contribution in [0.3, 0.4) is 0 Å². The van der Waals surface area contributed by atoms with Gasteiger partial charge in [0.2, 0.25) is 5.91 Å². The molecule has 0 aromatic carbocycles. The third kappa shape index (κ3) is 4.62. The highest BCUT2D eigenvalue weighted by Gasteiger charge is 2.22. The lowest BCUT2D eigenvalue weighted by atomic mass is 10.0. The van der Waals surface area contributed by atoms with Crippen LogP contribution in [-0.2, 0) is 4.79 Å². The van der Waals surface area contributed by atoms with E-state index in [0.29, 0.717) is 13.0 Å². The molecule has 4 nitrogen and oxygen atoms in total. The Morgan fingerprint density at radius 2 is 2.40 bits per heavy atom. The second-order valence-electron chi connectivity index (χ2n) is 4.62. The van der Waals surface area contributed by atoms with Crippen molar-refractivity contribution in [3.05, 3.63) is 0 Å². The van der Waals surface area contributed by atoms with Crippen molar-refractivity contribution >= 4 is 5.91 Å². The molecule has 1 fully saturated rings. The Morgan fingerprint density at radius 1 is 1.67 bits per heavy atom. The van der Waals surface area contributed by atoms with E-state index in [-0.39, 0.29) is 11.9 Å². The number of rotatable bonds is 4. The molecule has 2 unspecified atom stereocenters. The summed E-state index contributed by atoms with van der Waals surface area (Å²) >= 11 is 0. The van der Waals surface area contributed by atoms with E-state index in [1.807, 2.05) is 13.8 Å². The van der Waals surface area contributed by atoms with Crippen LogP contribution >= 0.6 is 0 Å². The third-order valence-electron chi connectivity index (χ3n) is 3.02. The molecule has 1 rings (SSSR count). The van der Waals surface area contributed by atoms with Gasteiger partial charge in [-0.05, 0) is 26.2 Å². The van der Waals surface area contributed by atoms with Crippen molar-refractivity contribution in [2.45, 2.75) is 51.2 Å². The van der Waals surface area contributed by atoms with Crippen molar-refractivity contribution < 1.29 is 9.90 Å². The summed E-state index contributed by atoms with van der Waals surface area (Å²) in [6, 6.07) is 0.213. The van der Waals surface area contributed by atoms with Crippen molar-refractivity contribution in [2.24, 2.45) is 0 Å². The molecule has 1 saturated heterocycles. The van der Waals surface area contributed by atoms with E-state index >= 15 is 0 Å². The quantitative estimate of drug-likeness (QED) is 0.635. The van der Waals surface area contributed by atoms with Gasteiger partial charge in [0.15, 0.2) is 0 Å². The van der Waals surface area contributed by atoms with Gasteiger partial charge in [-0.25, -0.2) is 0 Å². The van der Waals surface area contributed by atoms with Crippen molar-refractivity contribution in [2.75, 3.05) is 13.1 Å². The highest BCUT2D eigenvalue weighted by molar-refractivity contribution is 5.76. The standard InChI is InChI=1S/C11H22N2O2/c1-3-11(2,15)8-13-9-5-4-6-12-10(14)7-9/h9,13,15H,3-8H2,1-2H3,(H,12,14). The summed E-state index contributed by atoms with van der Waals surface area (Å²) in [5.41, 5.74) is -0.664. The second kappa shape index (κ2) is 5.47. The first-order chi connectivity index (χ1) is 7.03. The van der Waals surface area contributed by atoms with Crippen molar-refractivity contribution in [1.29, 1.82) is 0 Å². The van der Waals surface area contributed by atoms with Gasteiger partial charge in [0.25, 0.3) is 0 Å². The fraction of sp³-hybridized carbons (Fsp3) is 0.909. The summed E-state index contributed by atoms with van der Waals surface area (Å²) in [6.07, 6.45) is 3.26. The molecule has 4 heteroatoms. The molecule has 88 valence electrons. The second-order valence-corrected chi connectivity index (χ2v) is 4.62. The van der Waals surface area contributed by atoms with E-state index in [1.54, 1.807) is 0 Å². The summed E-state index contributed by atoms with van der Waals surface area (Å²) < 4.78 is 0. The monoisotopic (exact) mass is 214 g/mol. The van der Waals surface area contributed by atoms with Gasteiger partial charge in [-0.1, -0.05) is 6.92 Å². The Morgan fingerprint density at radius 3 is 3.07 bits per heavy atom. The van der Waals surface area contributed by atoms with Crippen LogP contribution in [-0.4, -0.2) is 35.7 Å². The first-order valence-electron chi connectivity index (χ1n) is 5.76. The first-order valence-corrected chi connectivity index (χ1v) is 5.76. The minimum absolute atomic E-state index is 0.112. The van der Waals surface area contributed by atoms with Crippen LogP contribution in [0.15, 0.2) is 0 Å². The molecule has 0 radical (unpaired) electrons. The van der Waals surface area contributed by atoms with Crippen LogP contribution in [0.5, 0.6) is 0 Å². The maximum absolute atomic E-state index is 11.3. The molecule has 0 aromatic heterocycles. The average Bonchev–Trinajstić information content (AvgIpc) is 2.40. The summed E-state index contributed by atoms with van der Waals surface area (Å²) in [4.78, 5) is 11.3. The molecule has 3 N–H and O–H groups in total. The Hall–Kier alpha value is -0.610. The maximum atomic E-state index is 11.3. The van der Waals surface area contributed by atoms with Gasteiger partial charge >= 0.3 is 0 Å². The molecule has 1 aliphatic heterocycles.